The van der Waals surface area contributed by atoms with E-state index in [4.69, 9.17) is 9.15 Å². The van der Waals surface area contributed by atoms with E-state index in [0.29, 0.717) is 13.1 Å². The van der Waals surface area contributed by atoms with Crippen LogP contribution in [0.1, 0.15) is 37.5 Å². The van der Waals surface area contributed by atoms with Gasteiger partial charge in [0.2, 0.25) is 0 Å². The fourth-order valence-electron chi connectivity index (χ4n) is 3.21. The summed E-state index contributed by atoms with van der Waals surface area (Å²) < 4.78 is 11.1. The van der Waals surface area contributed by atoms with Crippen LogP contribution in [0, 0.1) is 0 Å². The molecule has 1 aromatic rings. The van der Waals surface area contributed by atoms with Crippen LogP contribution >= 0.6 is 0 Å². The summed E-state index contributed by atoms with van der Waals surface area (Å²) in [5.74, 6) is 0.918. The topological polar surface area (TPSA) is 66.7 Å². The largest absolute Gasteiger partial charge is 0.468 e. The number of urea groups is 1. The molecule has 2 saturated heterocycles. The van der Waals surface area contributed by atoms with Crippen molar-refractivity contribution >= 4 is 6.03 Å². The van der Waals surface area contributed by atoms with Gasteiger partial charge in [-0.05, 0) is 50.9 Å². The van der Waals surface area contributed by atoms with Crippen molar-refractivity contribution in [3.63, 3.8) is 0 Å². The van der Waals surface area contributed by atoms with Crippen LogP contribution in [0.4, 0.5) is 4.79 Å². The Morgan fingerprint density at radius 1 is 1.32 bits per heavy atom. The second-order valence-corrected chi connectivity index (χ2v) is 6.00. The normalized spacial score (nSPS) is 23.5. The molecule has 1 aromatic heterocycles. The second kappa shape index (κ2) is 7.65. The molecule has 6 heteroatoms. The first-order valence-electron chi connectivity index (χ1n) is 8.23. The predicted octanol–water partition coefficient (Wildman–Crippen LogP) is 1.89. The van der Waals surface area contributed by atoms with Crippen LogP contribution in [0.25, 0.3) is 0 Å². The zero-order valence-electron chi connectivity index (χ0n) is 12.9. The average Bonchev–Trinajstić information content (AvgIpc) is 3.27. The van der Waals surface area contributed by atoms with Crippen LogP contribution in [0.3, 0.4) is 0 Å². The van der Waals surface area contributed by atoms with Crippen LogP contribution in [0.2, 0.25) is 0 Å². The van der Waals surface area contributed by atoms with Crippen molar-refractivity contribution in [2.45, 2.75) is 37.8 Å². The molecule has 2 N–H and O–H groups in total. The van der Waals surface area contributed by atoms with Gasteiger partial charge in [-0.25, -0.2) is 4.79 Å². The lowest BCUT2D eigenvalue weighted by Gasteiger charge is -2.26. The van der Waals surface area contributed by atoms with Crippen molar-refractivity contribution in [1.29, 1.82) is 0 Å². The van der Waals surface area contributed by atoms with Crippen LogP contribution < -0.4 is 10.6 Å². The van der Waals surface area contributed by atoms with E-state index >= 15 is 0 Å². The van der Waals surface area contributed by atoms with Crippen molar-refractivity contribution in [3.05, 3.63) is 24.2 Å². The maximum Gasteiger partial charge on any atom is 0.314 e. The molecule has 2 atom stereocenters. The molecule has 2 aliphatic rings. The third-order valence-electron chi connectivity index (χ3n) is 4.42. The Bertz CT molecular complexity index is 451. The minimum Gasteiger partial charge on any atom is -0.468 e. The highest BCUT2D eigenvalue weighted by Gasteiger charge is 2.26. The molecule has 2 fully saturated rings. The van der Waals surface area contributed by atoms with E-state index in [9.17, 15) is 4.79 Å². The highest BCUT2D eigenvalue weighted by Crippen LogP contribution is 2.24. The van der Waals surface area contributed by atoms with Crippen LogP contribution in [-0.2, 0) is 4.74 Å². The molecule has 0 spiro atoms. The molecule has 122 valence electrons. The first-order valence-corrected chi connectivity index (χ1v) is 8.23. The lowest BCUT2D eigenvalue weighted by atomic mass is 10.2. The number of carbonyl (C=O) groups is 1. The van der Waals surface area contributed by atoms with Crippen molar-refractivity contribution in [1.82, 2.24) is 15.5 Å². The summed E-state index contributed by atoms with van der Waals surface area (Å²) in [5.41, 5.74) is 0. The number of likely N-dealkylation sites (tertiary alicyclic amines) is 1. The lowest BCUT2D eigenvalue weighted by molar-refractivity contribution is 0.111. The predicted molar refractivity (Wildman–Crippen MR) is 82.6 cm³/mol. The molecule has 0 radical (unpaired) electrons. The number of carbonyl (C=O) groups excluding carboxylic acids is 1. The minimum absolute atomic E-state index is 0.117. The molecule has 0 aromatic carbocycles. The Hall–Kier alpha value is -1.53. The zero-order valence-corrected chi connectivity index (χ0v) is 12.9. The van der Waals surface area contributed by atoms with Crippen molar-refractivity contribution in [2.75, 3.05) is 32.8 Å². The number of hydrogen-bond acceptors (Lipinski definition) is 4. The molecule has 2 unspecified atom stereocenters. The SMILES string of the molecule is O=C(NCC1CCCO1)NCC(c1ccco1)N1CCCC1. The van der Waals surface area contributed by atoms with Crippen molar-refractivity contribution < 1.29 is 13.9 Å². The zero-order chi connectivity index (χ0) is 15.2. The van der Waals surface area contributed by atoms with E-state index in [1.54, 1.807) is 6.26 Å². The third kappa shape index (κ3) is 4.01. The first-order chi connectivity index (χ1) is 10.8. The van der Waals surface area contributed by atoms with Crippen LogP contribution in [0.15, 0.2) is 22.8 Å². The molecule has 0 saturated carbocycles. The molecule has 3 rings (SSSR count). The number of furan rings is 1. The van der Waals surface area contributed by atoms with Crippen molar-refractivity contribution in [2.24, 2.45) is 0 Å². The summed E-state index contributed by atoms with van der Waals surface area (Å²) in [7, 11) is 0. The quantitative estimate of drug-likeness (QED) is 0.842. The number of amides is 2. The summed E-state index contributed by atoms with van der Waals surface area (Å²) in [6.07, 6.45) is 6.40. The average molecular weight is 307 g/mol. The van der Waals surface area contributed by atoms with E-state index in [1.807, 2.05) is 12.1 Å². The van der Waals surface area contributed by atoms with E-state index < -0.39 is 0 Å². The summed E-state index contributed by atoms with van der Waals surface area (Å²) in [5, 5.41) is 5.86. The number of hydrogen-bond donors (Lipinski definition) is 2. The fourth-order valence-corrected chi connectivity index (χ4v) is 3.21. The van der Waals surface area contributed by atoms with Crippen LogP contribution in [0.5, 0.6) is 0 Å². The maximum atomic E-state index is 12.0. The van der Waals surface area contributed by atoms with Gasteiger partial charge in [0, 0.05) is 19.7 Å². The summed E-state index contributed by atoms with van der Waals surface area (Å²) in [6.45, 7) is 4.07. The lowest BCUT2D eigenvalue weighted by Crippen LogP contribution is -2.43. The van der Waals surface area contributed by atoms with Gasteiger partial charge in [-0.3, -0.25) is 4.90 Å². The van der Waals surface area contributed by atoms with E-state index in [0.717, 1.165) is 38.3 Å². The molecule has 2 amide bonds. The van der Waals surface area contributed by atoms with Gasteiger partial charge in [0.1, 0.15) is 5.76 Å². The number of ether oxygens (including phenoxy) is 1. The van der Waals surface area contributed by atoms with Gasteiger partial charge in [0.25, 0.3) is 0 Å². The number of nitrogens with zero attached hydrogens (tertiary/aromatic N) is 1. The minimum atomic E-state index is -0.133. The van der Waals surface area contributed by atoms with Crippen LogP contribution in [-0.4, -0.2) is 49.8 Å². The Morgan fingerprint density at radius 3 is 2.86 bits per heavy atom. The smallest absolute Gasteiger partial charge is 0.314 e. The van der Waals surface area contributed by atoms with Gasteiger partial charge in [-0.2, -0.15) is 0 Å². The monoisotopic (exact) mass is 307 g/mol. The summed E-state index contributed by atoms with van der Waals surface area (Å²) in [4.78, 5) is 14.3. The molecule has 2 aliphatic heterocycles. The fraction of sp³-hybridized carbons (Fsp3) is 0.688. The van der Waals surface area contributed by atoms with Gasteiger partial charge in [-0.15, -0.1) is 0 Å². The molecule has 0 bridgehead atoms. The van der Waals surface area contributed by atoms with E-state index in [1.165, 1.54) is 12.8 Å². The van der Waals surface area contributed by atoms with Gasteiger partial charge < -0.3 is 19.8 Å². The summed E-state index contributed by atoms with van der Waals surface area (Å²) >= 11 is 0. The van der Waals surface area contributed by atoms with Gasteiger partial charge in [-0.1, -0.05) is 0 Å². The molecule has 22 heavy (non-hydrogen) atoms. The van der Waals surface area contributed by atoms with Gasteiger partial charge in [0.15, 0.2) is 0 Å². The molecule has 6 nitrogen and oxygen atoms in total. The standard InChI is InChI=1S/C16H25N3O3/c20-16(17-11-13-5-3-9-21-13)18-12-14(15-6-4-10-22-15)19-7-1-2-8-19/h4,6,10,13-14H,1-3,5,7-9,11-12H2,(H2,17,18,20). The Labute approximate surface area is 131 Å². The molecular weight excluding hydrogens is 282 g/mol. The highest BCUT2D eigenvalue weighted by atomic mass is 16.5. The molecular formula is C16H25N3O3. The Kier molecular flexibility index (Phi) is 5.34. The molecule has 0 aliphatic carbocycles. The number of nitrogens with one attached hydrogen (secondary N) is 2. The maximum absolute atomic E-state index is 12.0. The highest BCUT2D eigenvalue weighted by molar-refractivity contribution is 5.73. The van der Waals surface area contributed by atoms with E-state index in [2.05, 4.69) is 15.5 Å². The Morgan fingerprint density at radius 2 is 2.18 bits per heavy atom. The van der Waals surface area contributed by atoms with Gasteiger partial charge in [0.05, 0.1) is 18.4 Å². The Balaban J connectivity index is 1.47. The second-order valence-electron chi connectivity index (χ2n) is 6.00. The van der Waals surface area contributed by atoms with Gasteiger partial charge >= 0.3 is 6.03 Å². The number of rotatable bonds is 6. The van der Waals surface area contributed by atoms with E-state index in [-0.39, 0.29) is 18.2 Å². The molecule has 3 heterocycles. The summed E-state index contributed by atoms with van der Waals surface area (Å²) in [6, 6.07) is 3.86. The first kappa shape index (κ1) is 15.4. The van der Waals surface area contributed by atoms with Crippen molar-refractivity contribution in [3.8, 4) is 0 Å². The third-order valence-corrected chi connectivity index (χ3v) is 4.42.